The molecule has 1 aliphatic rings. The van der Waals surface area contributed by atoms with Crippen LogP contribution in [-0.4, -0.2) is 30.0 Å². The highest BCUT2D eigenvalue weighted by Gasteiger charge is 2.30. The summed E-state index contributed by atoms with van der Waals surface area (Å²) < 4.78 is 5.95. The van der Waals surface area contributed by atoms with Crippen LogP contribution in [0, 0.1) is 6.92 Å². The van der Waals surface area contributed by atoms with E-state index in [0.29, 0.717) is 19.6 Å². The van der Waals surface area contributed by atoms with E-state index in [2.05, 4.69) is 31.2 Å². The van der Waals surface area contributed by atoms with Crippen molar-refractivity contribution in [3.63, 3.8) is 0 Å². The lowest BCUT2D eigenvalue weighted by atomic mass is 10.0. The summed E-state index contributed by atoms with van der Waals surface area (Å²) in [4.78, 5) is 14.6. The van der Waals surface area contributed by atoms with Gasteiger partial charge in [-0.3, -0.25) is 4.79 Å². The summed E-state index contributed by atoms with van der Waals surface area (Å²) in [5.74, 6) is 0.170. The number of morpholine rings is 1. The smallest absolute Gasteiger partial charge is 0.227 e. The standard InChI is InChI=1S/C20H23NO2/c1-15-8-10-18(11-9-15)19-13-21(16(2)14-23-19)20(22)12-17-6-4-3-5-7-17/h3-11,16,19H,12-14H2,1-2H3. The minimum Gasteiger partial charge on any atom is -0.370 e. The van der Waals surface area contributed by atoms with E-state index in [1.54, 1.807) is 0 Å². The van der Waals surface area contributed by atoms with Crippen LogP contribution in [-0.2, 0) is 16.0 Å². The summed E-state index contributed by atoms with van der Waals surface area (Å²) in [5.41, 5.74) is 3.43. The van der Waals surface area contributed by atoms with Crippen molar-refractivity contribution < 1.29 is 9.53 Å². The normalized spacial score (nSPS) is 21.2. The molecule has 0 aromatic heterocycles. The van der Waals surface area contributed by atoms with Crippen molar-refractivity contribution in [1.29, 1.82) is 0 Å². The van der Waals surface area contributed by atoms with Crippen LogP contribution in [0.1, 0.15) is 29.7 Å². The largest absolute Gasteiger partial charge is 0.370 e. The summed E-state index contributed by atoms with van der Waals surface area (Å²) in [6.45, 7) is 5.33. The molecule has 0 radical (unpaired) electrons. The van der Waals surface area contributed by atoms with E-state index >= 15 is 0 Å². The maximum Gasteiger partial charge on any atom is 0.227 e. The second-order valence-corrected chi connectivity index (χ2v) is 6.29. The Hall–Kier alpha value is -2.13. The van der Waals surface area contributed by atoms with Crippen molar-refractivity contribution in [1.82, 2.24) is 4.90 Å². The average Bonchev–Trinajstić information content (AvgIpc) is 2.57. The van der Waals surface area contributed by atoms with Crippen LogP contribution >= 0.6 is 0 Å². The zero-order valence-corrected chi connectivity index (χ0v) is 13.7. The van der Waals surface area contributed by atoms with Crippen molar-refractivity contribution in [2.75, 3.05) is 13.2 Å². The highest BCUT2D eigenvalue weighted by molar-refractivity contribution is 5.79. The molecule has 2 atom stereocenters. The molecule has 1 amide bonds. The van der Waals surface area contributed by atoms with Crippen LogP contribution in [0.25, 0.3) is 0 Å². The fraction of sp³-hybridized carbons (Fsp3) is 0.350. The Morgan fingerprint density at radius 3 is 2.52 bits per heavy atom. The second kappa shape index (κ2) is 6.97. The van der Waals surface area contributed by atoms with Crippen molar-refractivity contribution >= 4 is 5.91 Å². The number of ether oxygens (including phenoxy) is 1. The van der Waals surface area contributed by atoms with Crippen LogP contribution < -0.4 is 0 Å². The van der Waals surface area contributed by atoms with Crippen LogP contribution in [0.2, 0.25) is 0 Å². The highest BCUT2D eigenvalue weighted by atomic mass is 16.5. The maximum atomic E-state index is 12.7. The monoisotopic (exact) mass is 309 g/mol. The van der Waals surface area contributed by atoms with Gasteiger partial charge < -0.3 is 9.64 Å². The summed E-state index contributed by atoms with van der Waals surface area (Å²) in [7, 11) is 0. The molecule has 1 heterocycles. The molecule has 1 saturated heterocycles. The number of carbonyl (C=O) groups is 1. The summed E-state index contributed by atoms with van der Waals surface area (Å²) in [6, 6.07) is 18.4. The molecular weight excluding hydrogens is 286 g/mol. The molecule has 2 unspecified atom stereocenters. The van der Waals surface area contributed by atoms with Gasteiger partial charge in [-0.25, -0.2) is 0 Å². The molecule has 3 rings (SSSR count). The van der Waals surface area contributed by atoms with Crippen molar-refractivity contribution in [2.45, 2.75) is 32.4 Å². The third-order valence-corrected chi connectivity index (χ3v) is 4.40. The predicted octanol–water partition coefficient (Wildman–Crippen LogP) is 3.53. The van der Waals surface area contributed by atoms with Crippen molar-refractivity contribution in [3.8, 4) is 0 Å². The zero-order valence-electron chi connectivity index (χ0n) is 13.7. The van der Waals surface area contributed by atoms with Crippen LogP contribution in [0.5, 0.6) is 0 Å². The highest BCUT2D eigenvalue weighted by Crippen LogP contribution is 2.25. The first-order valence-corrected chi connectivity index (χ1v) is 8.15. The third kappa shape index (κ3) is 3.80. The molecular formula is C20H23NO2. The van der Waals surface area contributed by atoms with Gasteiger partial charge in [-0.1, -0.05) is 60.2 Å². The maximum absolute atomic E-state index is 12.7. The third-order valence-electron chi connectivity index (χ3n) is 4.40. The van der Waals surface area contributed by atoms with Gasteiger partial charge >= 0.3 is 0 Å². The predicted molar refractivity (Wildman–Crippen MR) is 91.2 cm³/mol. The lowest BCUT2D eigenvalue weighted by molar-refractivity contribution is -0.143. The number of hydrogen-bond acceptors (Lipinski definition) is 2. The lowest BCUT2D eigenvalue weighted by Gasteiger charge is -2.38. The van der Waals surface area contributed by atoms with Gasteiger partial charge in [0.05, 0.1) is 25.6 Å². The van der Waals surface area contributed by atoms with Gasteiger partial charge in [-0.15, -0.1) is 0 Å². The number of carbonyl (C=O) groups excluding carboxylic acids is 1. The molecule has 23 heavy (non-hydrogen) atoms. The molecule has 120 valence electrons. The quantitative estimate of drug-likeness (QED) is 0.868. The first kappa shape index (κ1) is 15.8. The van der Waals surface area contributed by atoms with Crippen molar-refractivity contribution in [2.24, 2.45) is 0 Å². The SMILES string of the molecule is Cc1ccc(C2CN(C(=O)Cc3ccccc3)C(C)CO2)cc1. The Morgan fingerprint density at radius 1 is 1.13 bits per heavy atom. The Kier molecular flexibility index (Phi) is 4.77. The Bertz CT molecular complexity index is 651. The van der Waals surface area contributed by atoms with Gasteiger partial charge in [0.1, 0.15) is 6.10 Å². The molecule has 0 bridgehead atoms. The fourth-order valence-electron chi connectivity index (χ4n) is 2.96. The molecule has 0 saturated carbocycles. The number of rotatable bonds is 3. The molecule has 3 heteroatoms. The van der Waals surface area contributed by atoms with E-state index in [0.717, 1.165) is 11.1 Å². The first-order chi connectivity index (χ1) is 11.1. The summed E-state index contributed by atoms with van der Waals surface area (Å²) >= 11 is 0. The Balaban J connectivity index is 1.70. The number of hydrogen-bond donors (Lipinski definition) is 0. The second-order valence-electron chi connectivity index (χ2n) is 6.29. The minimum absolute atomic E-state index is 0.0356. The van der Waals surface area contributed by atoms with Gasteiger partial charge in [0.25, 0.3) is 0 Å². The fourth-order valence-corrected chi connectivity index (χ4v) is 2.96. The van der Waals surface area contributed by atoms with Gasteiger partial charge in [0, 0.05) is 0 Å². The van der Waals surface area contributed by atoms with Crippen LogP contribution in [0.15, 0.2) is 54.6 Å². The van der Waals surface area contributed by atoms with Gasteiger partial charge in [0.2, 0.25) is 5.91 Å². The molecule has 0 aliphatic carbocycles. The first-order valence-electron chi connectivity index (χ1n) is 8.15. The van der Waals surface area contributed by atoms with E-state index in [1.807, 2.05) is 42.2 Å². The van der Waals surface area contributed by atoms with Crippen LogP contribution in [0.3, 0.4) is 0 Å². The number of benzene rings is 2. The summed E-state index contributed by atoms with van der Waals surface area (Å²) in [6.07, 6.45) is 0.415. The van der Waals surface area contributed by atoms with E-state index in [-0.39, 0.29) is 18.1 Å². The Morgan fingerprint density at radius 2 is 1.83 bits per heavy atom. The molecule has 3 nitrogen and oxygen atoms in total. The van der Waals surface area contributed by atoms with E-state index in [1.165, 1.54) is 5.56 Å². The Labute approximate surface area is 137 Å². The average molecular weight is 309 g/mol. The van der Waals surface area contributed by atoms with E-state index < -0.39 is 0 Å². The number of nitrogens with zero attached hydrogens (tertiary/aromatic N) is 1. The van der Waals surface area contributed by atoms with Crippen molar-refractivity contribution in [3.05, 3.63) is 71.3 Å². The summed E-state index contributed by atoms with van der Waals surface area (Å²) in [5, 5.41) is 0. The van der Waals surface area contributed by atoms with Gasteiger partial charge in [-0.2, -0.15) is 0 Å². The van der Waals surface area contributed by atoms with E-state index in [9.17, 15) is 4.79 Å². The molecule has 1 fully saturated rings. The van der Waals surface area contributed by atoms with E-state index in [4.69, 9.17) is 4.74 Å². The molecule has 0 N–H and O–H groups in total. The van der Waals surface area contributed by atoms with Gasteiger partial charge in [0.15, 0.2) is 0 Å². The minimum atomic E-state index is -0.0356. The molecule has 2 aromatic rings. The molecule has 0 spiro atoms. The lowest BCUT2D eigenvalue weighted by Crippen LogP contribution is -2.48. The molecule has 1 aliphatic heterocycles. The molecule has 2 aromatic carbocycles. The van der Waals surface area contributed by atoms with Gasteiger partial charge in [-0.05, 0) is 25.0 Å². The number of aryl methyl sites for hydroxylation is 1. The van der Waals surface area contributed by atoms with Crippen LogP contribution in [0.4, 0.5) is 0 Å². The zero-order chi connectivity index (χ0) is 16.2. The number of amides is 1. The topological polar surface area (TPSA) is 29.5 Å².